The summed E-state index contributed by atoms with van der Waals surface area (Å²) in [7, 11) is 0. The molecule has 0 saturated carbocycles. The van der Waals surface area contributed by atoms with Gasteiger partial charge in [-0.2, -0.15) is 0 Å². The molecule has 0 spiro atoms. The highest BCUT2D eigenvalue weighted by molar-refractivity contribution is 5.89. The van der Waals surface area contributed by atoms with Crippen molar-refractivity contribution in [3.63, 3.8) is 0 Å². The molecule has 3 aromatic rings. The highest BCUT2D eigenvalue weighted by atomic mass is 16.5. The summed E-state index contributed by atoms with van der Waals surface area (Å²) in [5, 5.41) is 0. The fourth-order valence-electron chi connectivity index (χ4n) is 2.55. The summed E-state index contributed by atoms with van der Waals surface area (Å²) in [5.41, 5.74) is 2.50. The van der Waals surface area contributed by atoms with Crippen molar-refractivity contribution < 1.29 is 19.1 Å². The lowest BCUT2D eigenvalue weighted by atomic mass is 10.2. The molecule has 29 heavy (non-hydrogen) atoms. The third-order valence-corrected chi connectivity index (χ3v) is 4.00. The topological polar surface area (TPSA) is 52.6 Å². The number of benzene rings is 3. The fraction of sp³-hybridized carbons (Fsp3) is 0.0400. The molecule has 4 nitrogen and oxygen atoms in total. The molecule has 0 fully saturated rings. The van der Waals surface area contributed by atoms with Crippen LogP contribution in [0, 0.1) is 6.92 Å². The highest BCUT2D eigenvalue weighted by Crippen LogP contribution is 2.24. The molecule has 0 bridgehead atoms. The van der Waals surface area contributed by atoms with Crippen molar-refractivity contribution in [2.24, 2.45) is 0 Å². The predicted molar refractivity (Wildman–Crippen MR) is 113 cm³/mol. The van der Waals surface area contributed by atoms with Gasteiger partial charge in [-0.05, 0) is 54.0 Å². The van der Waals surface area contributed by atoms with Gasteiger partial charge in [0, 0.05) is 12.2 Å². The van der Waals surface area contributed by atoms with Gasteiger partial charge in [0.2, 0.25) is 0 Å². The van der Waals surface area contributed by atoms with Crippen LogP contribution >= 0.6 is 0 Å². The smallest absolute Gasteiger partial charge is 0.336 e. The molecular formula is C25H20O4. The zero-order valence-electron chi connectivity index (χ0n) is 15.9. The summed E-state index contributed by atoms with van der Waals surface area (Å²) in [6.45, 7) is 1.78. The Balaban J connectivity index is 1.58. The minimum atomic E-state index is -0.483. The number of rotatable bonds is 6. The Kier molecular flexibility index (Phi) is 6.74. The number of aryl methyl sites for hydroxylation is 1. The Morgan fingerprint density at radius 1 is 0.690 bits per heavy atom. The minimum absolute atomic E-state index is 0.379. The normalized spacial score (nSPS) is 10.9. The largest absolute Gasteiger partial charge is 0.423 e. The Morgan fingerprint density at radius 2 is 1.21 bits per heavy atom. The maximum Gasteiger partial charge on any atom is 0.336 e. The van der Waals surface area contributed by atoms with Crippen molar-refractivity contribution in [2.75, 3.05) is 0 Å². The summed E-state index contributed by atoms with van der Waals surface area (Å²) in [5.74, 6) is -0.173. The molecule has 0 radical (unpaired) electrons. The lowest BCUT2D eigenvalue weighted by molar-refractivity contribution is -0.130. The third-order valence-electron chi connectivity index (χ3n) is 4.00. The van der Waals surface area contributed by atoms with Crippen molar-refractivity contribution in [1.82, 2.24) is 0 Å². The Morgan fingerprint density at radius 3 is 1.72 bits per heavy atom. The Bertz CT molecular complexity index is 1030. The molecule has 3 rings (SSSR count). The second-order valence-corrected chi connectivity index (χ2v) is 6.26. The summed E-state index contributed by atoms with van der Waals surface area (Å²) in [6, 6.07) is 23.8. The fourth-order valence-corrected chi connectivity index (χ4v) is 2.55. The van der Waals surface area contributed by atoms with Crippen molar-refractivity contribution in [1.29, 1.82) is 0 Å². The van der Waals surface area contributed by atoms with Gasteiger partial charge in [-0.3, -0.25) is 0 Å². The molecule has 0 aliphatic rings. The molecule has 0 N–H and O–H groups in total. The van der Waals surface area contributed by atoms with Crippen molar-refractivity contribution >= 4 is 24.1 Å². The van der Waals surface area contributed by atoms with Crippen LogP contribution in [0.25, 0.3) is 12.2 Å². The van der Waals surface area contributed by atoms with Crippen molar-refractivity contribution in [2.45, 2.75) is 6.92 Å². The zero-order valence-corrected chi connectivity index (χ0v) is 15.9. The van der Waals surface area contributed by atoms with E-state index in [1.807, 2.05) is 60.7 Å². The van der Waals surface area contributed by atoms with E-state index >= 15 is 0 Å². The maximum atomic E-state index is 12.0. The van der Waals surface area contributed by atoms with E-state index in [4.69, 9.17) is 9.47 Å². The molecule has 3 aromatic carbocycles. The average Bonchev–Trinajstić information content (AvgIpc) is 2.74. The van der Waals surface area contributed by atoms with Gasteiger partial charge in [0.15, 0.2) is 0 Å². The SMILES string of the molecule is Cc1cc(OC(=O)/C=C\c2ccccc2)ccc1OC(=O)/C=C/c1ccccc1. The van der Waals surface area contributed by atoms with E-state index < -0.39 is 11.9 Å². The summed E-state index contributed by atoms with van der Waals surface area (Å²) < 4.78 is 10.7. The van der Waals surface area contributed by atoms with E-state index in [2.05, 4.69) is 0 Å². The summed E-state index contributed by atoms with van der Waals surface area (Å²) in [4.78, 5) is 24.0. The number of carbonyl (C=O) groups excluding carboxylic acids is 2. The van der Waals surface area contributed by atoms with E-state index in [1.165, 1.54) is 12.2 Å². The van der Waals surface area contributed by atoms with Crippen LogP contribution in [0.15, 0.2) is 91.0 Å². The molecule has 144 valence electrons. The first-order valence-electron chi connectivity index (χ1n) is 9.11. The van der Waals surface area contributed by atoms with Gasteiger partial charge in [0.25, 0.3) is 0 Å². The third kappa shape index (κ3) is 6.33. The molecule has 0 aromatic heterocycles. The first kappa shape index (κ1) is 19.8. The quantitative estimate of drug-likeness (QED) is 0.332. The molecule has 0 aliphatic heterocycles. The number of esters is 2. The van der Waals surface area contributed by atoms with Crippen LogP contribution < -0.4 is 9.47 Å². The van der Waals surface area contributed by atoms with Crippen LogP contribution in [0.1, 0.15) is 16.7 Å². The first-order chi connectivity index (χ1) is 14.1. The van der Waals surface area contributed by atoms with E-state index in [0.717, 1.165) is 11.1 Å². The molecule has 0 aliphatic carbocycles. The maximum absolute atomic E-state index is 12.0. The Hall–Kier alpha value is -3.92. The lowest BCUT2D eigenvalue weighted by Gasteiger charge is -2.08. The lowest BCUT2D eigenvalue weighted by Crippen LogP contribution is -2.06. The monoisotopic (exact) mass is 384 g/mol. The number of hydrogen-bond donors (Lipinski definition) is 0. The summed E-state index contributed by atoms with van der Waals surface area (Å²) >= 11 is 0. The molecule has 0 saturated heterocycles. The van der Waals surface area contributed by atoms with Crippen LogP contribution in [0.3, 0.4) is 0 Å². The number of hydrogen-bond acceptors (Lipinski definition) is 4. The molecule has 0 unspecified atom stereocenters. The van der Waals surface area contributed by atoms with E-state index in [1.54, 1.807) is 37.3 Å². The van der Waals surface area contributed by atoms with Gasteiger partial charge >= 0.3 is 11.9 Å². The van der Waals surface area contributed by atoms with Gasteiger partial charge in [-0.15, -0.1) is 0 Å². The van der Waals surface area contributed by atoms with Crippen LogP contribution in [0.5, 0.6) is 11.5 Å². The highest BCUT2D eigenvalue weighted by Gasteiger charge is 2.08. The standard InChI is InChI=1S/C25H20O4/c1-19-18-22(28-24(26)16-12-20-8-4-2-5-9-20)14-15-23(19)29-25(27)17-13-21-10-6-3-7-11-21/h2-18H,1H3/b16-12-,17-13+. The van der Waals surface area contributed by atoms with Gasteiger partial charge in [-0.25, -0.2) is 9.59 Å². The molecule has 0 heterocycles. The van der Waals surface area contributed by atoms with E-state index in [0.29, 0.717) is 17.1 Å². The number of carbonyl (C=O) groups is 2. The van der Waals surface area contributed by atoms with E-state index in [-0.39, 0.29) is 0 Å². The number of ether oxygens (including phenoxy) is 2. The first-order valence-corrected chi connectivity index (χ1v) is 9.11. The molecule has 4 heteroatoms. The van der Waals surface area contributed by atoms with Gasteiger partial charge in [-0.1, -0.05) is 60.7 Å². The van der Waals surface area contributed by atoms with Gasteiger partial charge in [0.1, 0.15) is 11.5 Å². The minimum Gasteiger partial charge on any atom is -0.423 e. The van der Waals surface area contributed by atoms with Crippen LogP contribution in [-0.4, -0.2) is 11.9 Å². The Labute approximate surface area is 169 Å². The van der Waals surface area contributed by atoms with Crippen molar-refractivity contribution in [3.8, 4) is 11.5 Å². The molecule has 0 amide bonds. The second kappa shape index (κ2) is 9.85. The second-order valence-electron chi connectivity index (χ2n) is 6.26. The average molecular weight is 384 g/mol. The predicted octanol–water partition coefficient (Wildman–Crippen LogP) is 5.23. The van der Waals surface area contributed by atoms with Crippen molar-refractivity contribution in [3.05, 3.63) is 108 Å². The molecule has 0 atom stereocenters. The van der Waals surface area contributed by atoms with Gasteiger partial charge < -0.3 is 9.47 Å². The zero-order chi connectivity index (χ0) is 20.5. The van der Waals surface area contributed by atoms with Crippen LogP contribution in [0.4, 0.5) is 0 Å². The van der Waals surface area contributed by atoms with Crippen LogP contribution in [0.2, 0.25) is 0 Å². The van der Waals surface area contributed by atoms with Gasteiger partial charge in [0.05, 0.1) is 0 Å². The van der Waals surface area contributed by atoms with E-state index in [9.17, 15) is 9.59 Å². The summed E-state index contributed by atoms with van der Waals surface area (Å²) in [6.07, 6.45) is 6.11. The molecular weight excluding hydrogens is 364 g/mol. The van der Waals surface area contributed by atoms with Crippen LogP contribution in [-0.2, 0) is 9.59 Å².